The lowest BCUT2D eigenvalue weighted by atomic mass is 10.2. The highest BCUT2D eigenvalue weighted by Crippen LogP contribution is 2.40. The Morgan fingerprint density at radius 1 is 1.13 bits per heavy atom. The van der Waals surface area contributed by atoms with Crippen LogP contribution < -0.4 is 18.9 Å². The molecule has 0 amide bonds. The Morgan fingerprint density at radius 3 is 2.61 bits per heavy atom. The second-order valence-electron chi connectivity index (χ2n) is 6.11. The number of fused-ring (bicyclic) bond motifs is 1. The van der Waals surface area contributed by atoms with Crippen LogP contribution in [0.3, 0.4) is 0 Å². The Hall–Kier alpha value is -2.83. The average molecular weight is 479 g/mol. The Morgan fingerprint density at radius 2 is 1.94 bits per heavy atom. The Kier molecular flexibility index (Phi) is 6.30. The highest BCUT2D eigenvalue weighted by molar-refractivity contribution is 8.01. The van der Waals surface area contributed by atoms with Crippen molar-refractivity contribution in [2.45, 2.75) is 21.1 Å². The van der Waals surface area contributed by atoms with Crippen LogP contribution in [-0.2, 0) is 11.0 Å². The first-order valence-electron chi connectivity index (χ1n) is 8.86. The highest BCUT2D eigenvalue weighted by atomic mass is 32.2. The largest absolute Gasteiger partial charge is 0.496 e. The molecule has 0 radical (unpaired) electrons. The summed E-state index contributed by atoms with van der Waals surface area (Å²) in [5.41, 5.74) is 1.16. The number of pyridine rings is 1. The molecule has 0 spiro atoms. The zero-order chi connectivity index (χ0) is 22.0. The van der Waals surface area contributed by atoms with Crippen molar-refractivity contribution in [1.29, 1.82) is 0 Å². The highest BCUT2D eigenvalue weighted by Gasteiger charge is 2.23. The quantitative estimate of drug-likeness (QED) is 0.396. The van der Waals surface area contributed by atoms with Gasteiger partial charge in [-0.25, -0.2) is 14.2 Å². The van der Waals surface area contributed by atoms with E-state index in [9.17, 15) is 4.21 Å². The van der Waals surface area contributed by atoms with E-state index in [2.05, 4.69) is 19.8 Å². The predicted octanol–water partition coefficient (Wildman–Crippen LogP) is 4.30. The summed E-state index contributed by atoms with van der Waals surface area (Å²) in [7, 11) is 2.70. The van der Waals surface area contributed by atoms with E-state index in [-0.39, 0.29) is 16.6 Å². The normalized spacial score (nSPS) is 12.0. The van der Waals surface area contributed by atoms with E-state index in [1.54, 1.807) is 26.3 Å². The Balaban J connectivity index is 1.70. The van der Waals surface area contributed by atoms with Crippen molar-refractivity contribution in [2.24, 2.45) is 0 Å². The third-order valence-electron chi connectivity index (χ3n) is 4.17. The molecule has 0 fully saturated rings. The van der Waals surface area contributed by atoms with Gasteiger partial charge in [0.1, 0.15) is 16.9 Å². The first-order chi connectivity index (χ1) is 15.0. The number of aryl methyl sites for hydroxylation is 1. The zero-order valence-electron chi connectivity index (χ0n) is 17.0. The number of hydrogen-bond donors (Lipinski definition) is 1. The van der Waals surface area contributed by atoms with E-state index in [0.717, 1.165) is 9.24 Å². The second-order valence-corrected chi connectivity index (χ2v) is 9.47. The predicted molar refractivity (Wildman–Crippen MR) is 119 cm³/mol. The number of hydrogen-bond acceptors (Lipinski definition) is 10. The summed E-state index contributed by atoms with van der Waals surface area (Å²) < 4.78 is 38.6. The van der Waals surface area contributed by atoms with Crippen molar-refractivity contribution < 1.29 is 22.9 Å². The van der Waals surface area contributed by atoms with Gasteiger partial charge in [0.25, 0.3) is 0 Å². The molecular formula is C19H18N4O5S3. The molecule has 0 bridgehead atoms. The minimum Gasteiger partial charge on any atom is -0.496 e. The average Bonchev–Trinajstić information content (AvgIpc) is 3.42. The summed E-state index contributed by atoms with van der Waals surface area (Å²) >= 11 is 3.03. The van der Waals surface area contributed by atoms with Crippen LogP contribution in [0.25, 0.3) is 11.0 Å². The third-order valence-corrected chi connectivity index (χ3v) is 7.15. The van der Waals surface area contributed by atoms with Gasteiger partial charge in [0.2, 0.25) is 5.88 Å². The molecule has 1 unspecified atom stereocenters. The molecule has 0 aliphatic rings. The van der Waals surface area contributed by atoms with Crippen LogP contribution >= 0.6 is 23.1 Å². The van der Waals surface area contributed by atoms with Crippen LogP contribution in [0, 0.1) is 6.92 Å². The number of nitrogens with one attached hydrogen (secondary N) is 1. The number of benzene rings is 1. The van der Waals surface area contributed by atoms with Crippen molar-refractivity contribution in [1.82, 2.24) is 15.1 Å². The maximum Gasteiger partial charge on any atom is 0.235 e. The van der Waals surface area contributed by atoms with Crippen LogP contribution in [0.5, 0.6) is 17.4 Å². The standard InChI is InChI=1S/C19H18N4O5S3/c1-10-7-14(26-3)16(18(21-10)27-4)31(24)23-17-15-12(25-2)8-11(9-13(15)28-22-17)30-19-20-5-6-29-19/h5-9H,1-4H3,(H,22,23). The number of aromatic nitrogens is 3. The van der Waals surface area contributed by atoms with Gasteiger partial charge in [-0.15, -0.1) is 11.3 Å². The summed E-state index contributed by atoms with van der Waals surface area (Å²) in [6.45, 7) is 1.79. The summed E-state index contributed by atoms with van der Waals surface area (Å²) in [6.07, 6.45) is 1.75. The van der Waals surface area contributed by atoms with Crippen molar-refractivity contribution in [3.63, 3.8) is 0 Å². The van der Waals surface area contributed by atoms with Gasteiger partial charge in [-0.3, -0.25) is 4.72 Å². The molecule has 12 heteroatoms. The van der Waals surface area contributed by atoms with E-state index < -0.39 is 11.0 Å². The van der Waals surface area contributed by atoms with Crippen LogP contribution in [0.1, 0.15) is 5.69 Å². The summed E-state index contributed by atoms with van der Waals surface area (Å²) in [5, 5.41) is 6.53. The number of ether oxygens (including phenoxy) is 3. The molecule has 1 atom stereocenters. The number of anilines is 1. The molecule has 1 aromatic carbocycles. The smallest absolute Gasteiger partial charge is 0.235 e. The van der Waals surface area contributed by atoms with Gasteiger partial charge in [-0.05, 0) is 19.1 Å². The molecule has 4 aromatic rings. The molecule has 3 heterocycles. The van der Waals surface area contributed by atoms with Gasteiger partial charge in [-0.2, -0.15) is 0 Å². The molecule has 9 nitrogen and oxygen atoms in total. The fourth-order valence-corrected chi connectivity index (χ4v) is 5.55. The maximum absolute atomic E-state index is 13.2. The topological polar surface area (TPSA) is 109 Å². The molecule has 4 rings (SSSR count). The van der Waals surface area contributed by atoms with Crippen molar-refractivity contribution >= 4 is 50.9 Å². The minimum atomic E-state index is -1.80. The first kappa shape index (κ1) is 21.4. The lowest BCUT2D eigenvalue weighted by Crippen LogP contribution is -2.10. The van der Waals surface area contributed by atoms with Crippen LogP contribution in [0.4, 0.5) is 5.82 Å². The van der Waals surface area contributed by atoms with E-state index in [0.29, 0.717) is 28.2 Å². The summed E-state index contributed by atoms with van der Waals surface area (Å²) in [6, 6.07) is 5.37. The van der Waals surface area contributed by atoms with Gasteiger partial charge in [0, 0.05) is 28.2 Å². The zero-order valence-corrected chi connectivity index (χ0v) is 19.4. The van der Waals surface area contributed by atoms with Crippen LogP contribution in [0.2, 0.25) is 0 Å². The lowest BCUT2D eigenvalue weighted by Gasteiger charge is -2.13. The Bertz CT molecular complexity index is 1220. The molecule has 0 aliphatic heterocycles. The Labute approximate surface area is 188 Å². The summed E-state index contributed by atoms with van der Waals surface area (Å²) in [5.74, 6) is 1.38. The van der Waals surface area contributed by atoms with Crippen molar-refractivity contribution in [3.05, 3.63) is 35.5 Å². The molecule has 31 heavy (non-hydrogen) atoms. The first-order valence-corrected chi connectivity index (χ1v) is 11.7. The molecule has 1 N–H and O–H groups in total. The molecule has 3 aromatic heterocycles. The van der Waals surface area contributed by atoms with E-state index in [1.165, 1.54) is 37.3 Å². The monoisotopic (exact) mass is 478 g/mol. The third kappa shape index (κ3) is 4.31. The fraction of sp³-hybridized carbons (Fsp3) is 0.211. The fourth-order valence-electron chi connectivity index (χ4n) is 2.87. The molecule has 0 saturated carbocycles. The number of rotatable bonds is 8. The van der Waals surface area contributed by atoms with Gasteiger partial charge < -0.3 is 18.7 Å². The molecular weight excluding hydrogens is 460 g/mol. The van der Waals surface area contributed by atoms with E-state index >= 15 is 0 Å². The SMILES string of the molecule is COc1cc(C)nc(OC)c1S(=O)Nc1noc2cc(Sc3nccs3)cc(OC)c12. The van der Waals surface area contributed by atoms with Crippen LogP contribution in [0.15, 0.2) is 48.4 Å². The summed E-state index contributed by atoms with van der Waals surface area (Å²) in [4.78, 5) is 9.71. The van der Waals surface area contributed by atoms with Gasteiger partial charge >= 0.3 is 0 Å². The second kappa shape index (κ2) is 9.12. The van der Waals surface area contributed by atoms with E-state index in [4.69, 9.17) is 18.7 Å². The number of thiazole rings is 1. The van der Waals surface area contributed by atoms with Crippen LogP contribution in [-0.4, -0.2) is 40.7 Å². The van der Waals surface area contributed by atoms with Crippen molar-refractivity contribution in [2.75, 3.05) is 26.1 Å². The van der Waals surface area contributed by atoms with E-state index in [1.807, 2.05) is 17.5 Å². The molecule has 162 valence electrons. The van der Waals surface area contributed by atoms with Gasteiger partial charge in [-0.1, -0.05) is 16.9 Å². The molecule has 0 aliphatic carbocycles. The van der Waals surface area contributed by atoms with Gasteiger partial charge in [0.05, 0.1) is 21.3 Å². The number of nitrogens with zero attached hydrogens (tertiary/aromatic N) is 3. The number of methoxy groups -OCH3 is 3. The maximum atomic E-state index is 13.2. The lowest BCUT2D eigenvalue weighted by molar-refractivity contribution is 0.362. The minimum absolute atomic E-state index is 0.199. The van der Waals surface area contributed by atoms with Gasteiger partial charge in [0.15, 0.2) is 31.6 Å². The molecule has 0 saturated heterocycles. The van der Waals surface area contributed by atoms with Crippen molar-refractivity contribution in [3.8, 4) is 17.4 Å².